The highest BCUT2D eigenvalue weighted by Crippen LogP contribution is 2.19. The molecule has 0 atom stereocenters. The van der Waals surface area contributed by atoms with Crippen LogP contribution in [0.5, 0.6) is 5.75 Å². The number of aryl methyl sites for hydroxylation is 1. The molecule has 0 saturated heterocycles. The molecule has 0 radical (unpaired) electrons. The molecule has 1 aromatic carbocycles. The zero-order chi connectivity index (χ0) is 20.4. The molecule has 1 rings (SSSR count). The fourth-order valence-electron chi connectivity index (χ4n) is 1.83. The van der Waals surface area contributed by atoms with Crippen molar-refractivity contribution in [2.24, 2.45) is 5.73 Å². The van der Waals surface area contributed by atoms with E-state index in [0.29, 0.717) is 30.9 Å². The van der Waals surface area contributed by atoms with Crippen LogP contribution in [0.3, 0.4) is 0 Å². The van der Waals surface area contributed by atoms with Crippen molar-refractivity contribution in [1.82, 2.24) is 0 Å². The summed E-state index contributed by atoms with van der Waals surface area (Å²) in [5.74, 6) is -0.0684. The average Bonchev–Trinajstić information content (AvgIpc) is 2.62. The molecule has 0 saturated carbocycles. The molecule has 1 aromatic rings. The van der Waals surface area contributed by atoms with E-state index >= 15 is 0 Å². The van der Waals surface area contributed by atoms with Gasteiger partial charge < -0.3 is 15.9 Å². The van der Waals surface area contributed by atoms with Crippen molar-refractivity contribution in [2.45, 2.75) is 75.2 Å². The van der Waals surface area contributed by atoms with Gasteiger partial charge in [0.15, 0.2) is 11.6 Å². The number of ether oxygens (including phenoxy) is 1. The average molecular weight is 355 g/mol. The molecule has 3 N–H and O–H groups in total. The summed E-state index contributed by atoms with van der Waals surface area (Å²) in [6.45, 7) is 17.8. The van der Waals surface area contributed by atoms with E-state index in [2.05, 4.69) is 0 Å². The van der Waals surface area contributed by atoms with E-state index in [1.54, 1.807) is 26.0 Å². The molecule has 0 unspecified atom stereocenters. The maximum absolute atomic E-state index is 13.4. The van der Waals surface area contributed by atoms with Crippen LogP contribution in [0.1, 0.15) is 73.8 Å². The van der Waals surface area contributed by atoms with Crippen LogP contribution in [0.2, 0.25) is 0 Å². The number of halogens is 1. The maximum Gasteiger partial charge on any atom is 0.165 e. The summed E-state index contributed by atoms with van der Waals surface area (Å²) in [6.07, 6.45) is 1.37. The Kier molecular flexibility index (Phi) is 20.7. The first-order chi connectivity index (χ1) is 11.9. The lowest BCUT2D eigenvalue weighted by Crippen LogP contribution is -2.08. The second kappa shape index (κ2) is 18.5. The lowest BCUT2D eigenvalue weighted by molar-refractivity contribution is 0.296. The van der Waals surface area contributed by atoms with Gasteiger partial charge in [-0.25, -0.2) is 4.39 Å². The SMILES string of the molecule is CC.CC.CC.CC(=N)/C(CCCOc1cc(C)ccc1F)=C(/C)N. The van der Waals surface area contributed by atoms with Gasteiger partial charge >= 0.3 is 0 Å². The molecular weight excluding hydrogens is 315 g/mol. The first-order valence-corrected chi connectivity index (χ1v) is 9.31. The summed E-state index contributed by atoms with van der Waals surface area (Å²) in [6, 6.07) is 4.79. The third-order valence-electron chi connectivity index (χ3n) is 2.84. The number of rotatable bonds is 6. The smallest absolute Gasteiger partial charge is 0.165 e. The molecule has 0 amide bonds. The summed E-state index contributed by atoms with van der Waals surface area (Å²) in [4.78, 5) is 0. The first-order valence-electron chi connectivity index (χ1n) is 9.31. The molecule has 4 heteroatoms. The van der Waals surface area contributed by atoms with Crippen LogP contribution in [0.25, 0.3) is 0 Å². The van der Waals surface area contributed by atoms with Crippen molar-refractivity contribution >= 4 is 5.71 Å². The summed E-state index contributed by atoms with van der Waals surface area (Å²) >= 11 is 0. The van der Waals surface area contributed by atoms with Crippen LogP contribution in [0, 0.1) is 18.2 Å². The van der Waals surface area contributed by atoms with E-state index in [0.717, 1.165) is 11.1 Å². The molecule has 0 aromatic heterocycles. The van der Waals surface area contributed by atoms with Gasteiger partial charge in [-0.1, -0.05) is 47.6 Å². The van der Waals surface area contributed by atoms with Gasteiger partial charge in [-0.15, -0.1) is 0 Å². The highest BCUT2D eigenvalue weighted by Gasteiger charge is 2.06. The van der Waals surface area contributed by atoms with E-state index < -0.39 is 0 Å². The monoisotopic (exact) mass is 354 g/mol. The Balaban J connectivity index is -0.000000725. The highest BCUT2D eigenvalue weighted by molar-refractivity contribution is 5.96. The Morgan fingerprint density at radius 3 is 2.04 bits per heavy atom. The maximum atomic E-state index is 13.4. The van der Waals surface area contributed by atoms with Gasteiger partial charge in [0.1, 0.15) is 0 Å². The van der Waals surface area contributed by atoms with Crippen LogP contribution >= 0.6 is 0 Å². The minimum Gasteiger partial charge on any atom is -0.490 e. The Hall–Kier alpha value is -1.84. The van der Waals surface area contributed by atoms with Crippen molar-refractivity contribution in [1.29, 1.82) is 5.41 Å². The Labute approximate surface area is 155 Å². The number of nitrogens with one attached hydrogen (secondary N) is 1. The van der Waals surface area contributed by atoms with Gasteiger partial charge in [-0.05, 0) is 56.9 Å². The second-order valence-corrected chi connectivity index (χ2v) is 4.67. The quantitative estimate of drug-likeness (QED) is 0.444. The molecule has 0 fully saturated rings. The van der Waals surface area contributed by atoms with Crippen LogP contribution < -0.4 is 10.5 Å². The molecule has 25 heavy (non-hydrogen) atoms. The molecule has 0 bridgehead atoms. The molecular formula is C21H39FN2O. The zero-order valence-corrected chi connectivity index (χ0v) is 17.7. The van der Waals surface area contributed by atoms with E-state index in [9.17, 15) is 4.39 Å². The van der Waals surface area contributed by atoms with Gasteiger partial charge in [-0.3, -0.25) is 0 Å². The molecule has 0 aliphatic rings. The number of allylic oxidation sites excluding steroid dienone is 2. The molecule has 3 nitrogen and oxygen atoms in total. The van der Waals surface area contributed by atoms with Crippen LogP contribution in [-0.2, 0) is 0 Å². The second-order valence-electron chi connectivity index (χ2n) is 4.67. The van der Waals surface area contributed by atoms with Gasteiger partial charge in [0.2, 0.25) is 0 Å². The molecule has 0 spiro atoms. The predicted molar refractivity (Wildman–Crippen MR) is 110 cm³/mol. The molecule has 0 aliphatic heterocycles. The fourth-order valence-corrected chi connectivity index (χ4v) is 1.83. The van der Waals surface area contributed by atoms with Crippen molar-refractivity contribution < 1.29 is 9.13 Å². The normalized spacial score (nSPS) is 9.84. The minimum atomic E-state index is -0.348. The zero-order valence-electron chi connectivity index (χ0n) is 17.7. The minimum absolute atomic E-state index is 0.279. The van der Waals surface area contributed by atoms with E-state index in [4.69, 9.17) is 15.9 Å². The van der Waals surface area contributed by atoms with Gasteiger partial charge in [-0.2, -0.15) is 0 Å². The lowest BCUT2D eigenvalue weighted by atomic mass is 10.0. The summed E-state index contributed by atoms with van der Waals surface area (Å²) in [7, 11) is 0. The predicted octanol–water partition coefficient (Wildman–Crippen LogP) is 6.64. The molecule has 0 heterocycles. The first kappa shape index (κ1) is 28.0. The summed E-state index contributed by atoms with van der Waals surface area (Å²) in [5.41, 5.74) is 8.65. The number of hydrogen-bond acceptors (Lipinski definition) is 3. The van der Waals surface area contributed by atoms with Crippen molar-refractivity contribution in [3.05, 3.63) is 40.8 Å². The Bertz CT molecular complexity index is 493. The van der Waals surface area contributed by atoms with E-state index in [1.165, 1.54) is 6.07 Å². The van der Waals surface area contributed by atoms with Crippen molar-refractivity contribution in [3.8, 4) is 5.75 Å². The topological polar surface area (TPSA) is 59.1 Å². The summed E-state index contributed by atoms with van der Waals surface area (Å²) in [5, 5.41) is 7.61. The van der Waals surface area contributed by atoms with Gasteiger partial charge in [0.05, 0.1) is 6.61 Å². The van der Waals surface area contributed by atoms with E-state index in [-0.39, 0.29) is 11.6 Å². The highest BCUT2D eigenvalue weighted by atomic mass is 19.1. The van der Waals surface area contributed by atoms with E-state index in [1.807, 2.05) is 48.5 Å². The third-order valence-corrected chi connectivity index (χ3v) is 2.84. The lowest BCUT2D eigenvalue weighted by Gasteiger charge is -2.10. The van der Waals surface area contributed by atoms with Gasteiger partial charge in [0, 0.05) is 11.4 Å². The standard InChI is InChI=1S/C15H21FN2O.3C2H6/c1-10-6-7-14(16)15(9-10)19-8-4-5-13(11(2)17)12(3)18;3*1-2/h6-7,9,17H,4-5,8,18H2,1-3H3;3*1-2H3/b13-12-,17-11?;;;. The number of hydrogen-bond donors (Lipinski definition) is 2. The van der Waals surface area contributed by atoms with Gasteiger partial charge in [0.25, 0.3) is 0 Å². The third kappa shape index (κ3) is 13.2. The number of benzene rings is 1. The molecule has 0 aliphatic carbocycles. The largest absolute Gasteiger partial charge is 0.490 e. The van der Waals surface area contributed by atoms with Crippen LogP contribution in [-0.4, -0.2) is 12.3 Å². The fraction of sp³-hybridized carbons (Fsp3) is 0.571. The molecule has 146 valence electrons. The van der Waals surface area contributed by atoms with Crippen LogP contribution in [0.4, 0.5) is 4.39 Å². The Morgan fingerprint density at radius 1 is 1.08 bits per heavy atom. The van der Waals surface area contributed by atoms with Crippen molar-refractivity contribution in [2.75, 3.05) is 6.61 Å². The van der Waals surface area contributed by atoms with Crippen LogP contribution in [0.15, 0.2) is 29.5 Å². The Morgan fingerprint density at radius 2 is 1.60 bits per heavy atom. The van der Waals surface area contributed by atoms with Crippen molar-refractivity contribution in [3.63, 3.8) is 0 Å². The number of nitrogens with two attached hydrogens (primary N) is 1. The summed E-state index contributed by atoms with van der Waals surface area (Å²) < 4.78 is 18.8.